The van der Waals surface area contributed by atoms with Crippen LogP contribution in [0.25, 0.3) is 11.3 Å². The molecule has 9 nitrogen and oxygen atoms in total. The molecule has 0 aromatic carbocycles. The van der Waals surface area contributed by atoms with Crippen LogP contribution in [0.4, 0.5) is 5.13 Å². The Labute approximate surface area is 166 Å². The zero-order valence-electron chi connectivity index (χ0n) is 16.6. The number of nitrogens with one attached hydrogen (secondary N) is 2. The Kier molecular flexibility index (Phi) is 5.32. The second-order valence-electron chi connectivity index (χ2n) is 6.67. The third-order valence-corrected chi connectivity index (χ3v) is 5.64. The summed E-state index contributed by atoms with van der Waals surface area (Å²) >= 11 is 1.25. The van der Waals surface area contributed by atoms with Gasteiger partial charge in [0, 0.05) is 23.2 Å². The van der Waals surface area contributed by atoms with Crippen molar-refractivity contribution in [2.24, 2.45) is 7.05 Å². The van der Waals surface area contributed by atoms with Gasteiger partial charge in [0.05, 0.1) is 18.5 Å². The zero-order chi connectivity index (χ0) is 20.6. The Balaban J connectivity index is 1.85. The summed E-state index contributed by atoms with van der Waals surface area (Å²) in [5.74, 6) is -0.835. The molecule has 0 fully saturated rings. The highest BCUT2D eigenvalue weighted by atomic mass is 32.1. The molecule has 3 rings (SSSR count). The molecule has 0 unspecified atom stereocenters. The summed E-state index contributed by atoms with van der Waals surface area (Å²) in [6.45, 7) is 7.74. The van der Waals surface area contributed by atoms with E-state index >= 15 is 0 Å². The van der Waals surface area contributed by atoms with Crippen LogP contribution in [-0.2, 0) is 11.8 Å². The number of H-pyrrole nitrogens is 1. The second-order valence-corrected chi connectivity index (χ2v) is 7.70. The van der Waals surface area contributed by atoms with Crippen LogP contribution >= 0.6 is 11.3 Å². The van der Waals surface area contributed by atoms with Crippen LogP contribution in [0.1, 0.15) is 57.0 Å². The summed E-state index contributed by atoms with van der Waals surface area (Å²) in [5, 5.41) is 14.4. The van der Waals surface area contributed by atoms with Crippen molar-refractivity contribution >= 4 is 28.3 Å². The first-order valence-corrected chi connectivity index (χ1v) is 9.50. The minimum absolute atomic E-state index is 0.0764. The molecule has 0 saturated carbocycles. The number of rotatable bonds is 5. The average Bonchev–Trinajstić information content (AvgIpc) is 3.33. The summed E-state index contributed by atoms with van der Waals surface area (Å²) in [4.78, 5) is 29.5. The van der Waals surface area contributed by atoms with Gasteiger partial charge in [0.2, 0.25) is 0 Å². The molecule has 28 heavy (non-hydrogen) atoms. The number of anilines is 1. The molecule has 3 aromatic heterocycles. The number of aromatic nitrogens is 5. The van der Waals surface area contributed by atoms with Crippen LogP contribution < -0.4 is 5.32 Å². The van der Waals surface area contributed by atoms with Crippen molar-refractivity contribution in [1.29, 1.82) is 0 Å². The Morgan fingerprint density at radius 1 is 1.32 bits per heavy atom. The molecule has 0 atom stereocenters. The lowest BCUT2D eigenvalue weighted by Crippen LogP contribution is -2.12. The number of hydrogen-bond acceptors (Lipinski definition) is 7. The van der Waals surface area contributed by atoms with E-state index in [9.17, 15) is 9.59 Å². The van der Waals surface area contributed by atoms with Gasteiger partial charge in [0.15, 0.2) is 10.8 Å². The first-order chi connectivity index (χ1) is 13.2. The number of aromatic amines is 1. The van der Waals surface area contributed by atoms with Crippen LogP contribution in [0.5, 0.6) is 0 Å². The monoisotopic (exact) mass is 402 g/mol. The van der Waals surface area contributed by atoms with Gasteiger partial charge < -0.3 is 4.74 Å². The quantitative estimate of drug-likeness (QED) is 0.634. The fraction of sp³-hybridized carbons (Fsp3) is 0.389. The highest BCUT2D eigenvalue weighted by Gasteiger charge is 2.23. The van der Waals surface area contributed by atoms with Crippen molar-refractivity contribution in [3.05, 3.63) is 33.7 Å². The average molecular weight is 402 g/mol. The smallest absolute Gasteiger partial charge is 0.357 e. The van der Waals surface area contributed by atoms with Gasteiger partial charge in [0.25, 0.3) is 5.91 Å². The van der Waals surface area contributed by atoms with E-state index in [0.29, 0.717) is 16.5 Å². The number of amides is 1. The van der Waals surface area contributed by atoms with Crippen molar-refractivity contribution < 1.29 is 14.3 Å². The Morgan fingerprint density at radius 2 is 2.04 bits per heavy atom. The number of hydrogen-bond donors (Lipinski definition) is 2. The van der Waals surface area contributed by atoms with Crippen molar-refractivity contribution in [2.75, 3.05) is 12.4 Å². The molecular weight excluding hydrogens is 380 g/mol. The number of carbonyl (C=O) groups is 2. The van der Waals surface area contributed by atoms with E-state index in [-0.39, 0.29) is 11.6 Å². The molecule has 0 aliphatic rings. The van der Waals surface area contributed by atoms with Gasteiger partial charge >= 0.3 is 5.97 Å². The fourth-order valence-electron chi connectivity index (χ4n) is 2.89. The SMILES string of the molecule is COC(=O)c1nc(NC(=O)c2cc(-c3c(C)nn(C)c3C)n[nH]2)sc1C(C)C. The molecule has 0 aliphatic heterocycles. The molecule has 3 heterocycles. The van der Waals surface area contributed by atoms with Crippen LogP contribution in [0.3, 0.4) is 0 Å². The highest BCUT2D eigenvalue weighted by molar-refractivity contribution is 7.16. The molecule has 0 saturated heterocycles. The lowest BCUT2D eigenvalue weighted by atomic mass is 10.1. The topological polar surface area (TPSA) is 115 Å². The Bertz CT molecular complexity index is 1050. The van der Waals surface area contributed by atoms with Gasteiger partial charge in [-0.2, -0.15) is 10.2 Å². The number of thiazole rings is 1. The first kappa shape index (κ1) is 19.7. The van der Waals surface area contributed by atoms with E-state index in [2.05, 4.69) is 25.6 Å². The first-order valence-electron chi connectivity index (χ1n) is 8.69. The maximum absolute atomic E-state index is 12.6. The van der Waals surface area contributed by atoms with Crippen LogP contribution in [0.15, 0.2) is 6.07 Å². The maximum atomic E-state index is 12.6. The number of aryl methyl sites for hydroxylation is 2. The van der Waals surface area contributed by atoms with Crippen molar-refractivity contribution in [2.45, 2.75) is 33.6 Å². The fourth-order valence-corrected chi connectivity index (χ4v) is 3.84. The predicted octanol–water partition coefficient (Wildman–Crippen LogP) is 3.05. The van der Waals surface area contributed by atoms with E-state index < -0.39 is 11.9 Å². The normalized spacial score (nSPS) is 11.1. The summed E-state index contributed by atoms with van der Waals surface area (Å²) < 4.78 is 6.55. The molecule has 3 aromatic rings. The molecule has 0 radical (unpaired) electrons. The van der Waals surface area contributed by atoms with E-state index in [1.165, 1.54) is 18.4 Å². The van der Waals surface area contributed by atoms with Crippen LogP contribution in [-0.4, -0.2) is 43.9 Å². The number of esters is 1. The molecular formula is C18H22N6O3S. The number of nitrogens with zero attached hydrogens (tertiary/aromatic N) is 4. The van der Waals surface area contributed by atoms with Crippen molar-refractivity contribution in [1.82, 2.24) is 25.0 Å². The largest absolute Gasteiger partial charge is 0.464 e. The molecule has 2 N–H and O–H groups in total. The summed E-state index contributed by atoms with van der Waals surface area (Å²) in [7, 11) is 3.17. The van der Waals surface area contributed by atoms with E-state index in [4.69, 9.17) is 4.74 Å². The Hall–Kier alpha value is -3.01. The second kappa shape index (κ2) is 7.55. The van der Waals surface area contributed by atoms with Gasteiger partial charge in [-0.15, -0.1) is 11.3 Å². The minimum Gasteiger partial charge on any atom is -0.464 e. The van der Waals surface area contributed by atoms with Gasteiger partial charge in [-0.3, -0.25) is 19.9 Å². The number of carbonyl (C=O) groups excluding carboxylic acids is 2. The van der Waals surface area contributed by atoms with Gasteiger partial charge in [-0.05, 0) is 25.8 Å². The van der Waals surface area contributed by atoms with Gasteiger partial charge in [-0.25, -0.2) is 9.78 Å². The summed E-state index contributed by atoms with van der Waals surface area (Å²) in [6.07, 6.45) is 0. The number of methoxy groups -OCH3 is 1. The number of ether oxygens (including phenoxy) is 1. The predicted molar refractivity (Wildman–Crippen MR) is 106 cm³/mol. The van der Waals surface area contributed by atoms with E-state index in [1.54, 1.807) is 10.7 Å². The van der Waals surface area contributed by atoms with Crippen molar-refractivity contribution in [3.8, 4) is 11.3 Å². The third kappa shape index (κ3) is 3.55. The maximum Gasteiger partial charge on any atom is 0.357 e. The third-order valence-electron chi connectivity index (χ3n) is 4.36. The highest BCUT2D eigenvalue weighted by Crippen LogP contribution is 2.31. The molecule has 10 heteroatoms. The minimum atomic E-state index is -0.521. The van der Waals surface area contributed by atoms with Gasteiger partial charge in [-0.1, -0.05) is 13.8 Å². The zero-order valence-corrected chi connectivity index (χ0v) is 17.4. The van der Waals surface area contributed by atoms with Crippen LogP contribution in [0.2, 0.25) is 0 Å². The Morgan fingerprint density at radius 3 is 2.61 bits per heavy atom. The van der Waals surface area contributed by atoms with E-state index in [0.717, 1.165) is 21.8 Å². The molecule has 0 bridgehead atoms. The molecule has 0 spiro atoms. The summed E-state index contributed by atoms with van der Waals surface area (Å²) in [6, 6.07) is 1.67. The van der Waals surface area contributed by atoms with Crippen molar-refractivity contribution in [3.63, 3.8) is 0 Å². The molecule has 0 aliphatic carbocycles. The van der Waals surface area contributed by atoms with E-state index in [1.807, 2.05) is 34.7 Å². The molecule has 1 amide bonds. The lowest BCUT2D eigenvalue weighted by Gasteiger charge is -2.02. The lowest BCUT2D eigenvalue weighted by molar-refractivity contribution is 0.0593. The molecule has 148 valence electrons. The van der Waals surface area contributed by atoms with Gasteiger partial charge in [0.1, 0.15) is 5.69 Å². The standard InChI is InChI=1S/C18H22N6O3S/c1-8(2)15-14(17(26)27-6)19-18(28-15)20-16(25)12-7-11(21-22-12)13-9(3)23-24(5)10(13)4/h7-8H,1-6H3,(H,21,22)(H,19,20,25). The summed E-state index contributed by atoms with van der Waals surface area (Å²) in [5.41, 5.74) is 3.85. The van der Waals surface area contributed by atoms with Crippen LogP contribution in [0, 0.1) is 13.8 Å².